The summed E-state index contributed by atoms with van der Waals surface area (Å²) >= 11 is 11.6. The van der Waals surface area contributed by atoms with E-state index in [1.54, 1.807) is 4.90 Å². The molecule has 0 aliphatic carbocycles. The Bertz CT molecular complexity index is 1030. The normalized spacial score (nSPS) is 21.9. The van der Waals surface area contributed by atoms with Gasteiger partial charge in [0.25, 0.3) is 0 Å². The number of allylic oxidation sites excluding steroid dienone is 1. The van der Waals surface area contributed by atoms with Crippen molar-refractivity contribution >= 4 is 35.2 Å². The largest absolute Gasteiger partial charge is 0.441 e. The topological polar surface area (TPSA) is 49.9 Å². The van der Waals surface area contributed by atoms with Gasteiger partial charge in [0.2, 0.25) is 5.91 Å². The highest BCUT2D eigenvalue weighted by Gasteiger charge is 2.43. The number of amides is 2. The minimum absolute atomic E-state index is 0.0163. The smallest absolute Gasteiger partial charge is 0.410 e. The minimum Gasteiger partial charge on any atom is -0.441 e. The van der Waals surface area contributed by atoms with Gasteiger partial charge in [-0.3, -0.25) is 4.79 Å². The zero-order valence-electron chi connectivity index (χ0n) is 21.3. The van der Waals surface area contributed by atoms with Crippen LogP contribution in [0.2, 0.25) is 10.0 Å². The molecular weight excluding hydrogens is 495 g/mol. The van der Waals surface area contributed by atoms with Crippen LogP contribution in [0, 0.1) is 5.92 Å². The summed E-state index contributed by atoms with van der Waals surface area (Å²) in [6, 6.07) is 17.1. The lowest BCUT2D eigenvalue weighted by Crippen LogP contribution is -2.53. The summed E-state index contributed by atoms with van der Waals surface area (Å²) in [5, 5.41) is 1.48. The Labute approximate surface area is 225 Å². The van der Waals surface area contributed by atoms with Crippen LogP contribution in [-0.2, 0) is 9.53 Å². The van der Waals surface area contributed by atoms with Crippen molar-refractivity contribution in [2.24, 2.45) is 5.92 Å². The molecule has 0 spiro atoms. The third-order valence-corrected chi connectivity index (χ3v) is 7.16. The number of piperidine rings is 1. The van der Waals surface area contributed by atoms with E-state index in [-0.39, 0.29) is 30.0 Å². The van der Waals surface area contributed by atoms with Gasteiger partial charge < -0.3 is 14.5 Å². The van der Waals surface area contributed by atoms with Gasteiger partial charge in [0, 0.05) is 28.5 Å². The number of likely N-dealkylation sites (tertiary alicyclic amines) is 1. The van der Waals surface area contributed by atoms with Crippen molar-refractivity contribution in [3.05, 3.63) is 82.9 Å². The van der Waals surface area contributed by atoms with Crippen LogP contribution in [-0.4, -0.2) is 46.5 Å². The monoisotopic (exact) mass is 530 g/mol. The van der Waals surface area contributed by atoms with E-state index in [1.165, 1.54) is 0 Å². The van der Waals surface area contributed by atoms with Gasteiger partial charge in [-0.2, -0.15) is 0 Å². The van der Waals surface area contributed by atoms with Crippen LogP contribution in [0.5, 0.6) is 0 Å². The number of halogens is 2. The van der Waals surface area contributed by atoms with Crippen LogP contribution in [0.25, 0.3) is 0 Å². The van der Waals surface area contributed by atoms with E-state index in [9.17, 15) is 9.59 Å². The van der Waals surface area contributed by atoms with Crippen LogP contribution >= 0.6 is 23.2 Å². The summed E-state index contributed by atoms with van der Waals surface area (Å²) in [5.74, 6) is 0.0989. The predicted octanol–water partition coefficient (Wildman–Crippen LogP) is 7.55. The summed E-state index contributed by atoms with van der Waals surface area (Å²) in [6.07, 6.45) is 4.69. The first-order valence-electron chi connectivity index (χ1n) is 12.5. The molecule has 2 aromatic rings. The molecule has 3 atom stereocenters. The molecule has 2 fully saturated rings. The van der Waals surface area contributed by atoms with E-state index in [2.05, 4.69) is 13.5 Å². The van der Waals surface area contributed by atoms with Crippen molar-refractivity contribution in [3.63, 3.8) is 0 Å². The standard InChI is InChI=1S/C23H31ClN2O3.C6H5Cl/c1-5-7-17-10-13-20(16-8-11-18(24)12-9-16)26(21(17)27)19(6-2)14-25-15-23(3,4)29-22(25)28;7-6-4-2-1-3-5-6/h5,8-9,11-12,17,19-20H,1,6-7,10,13-15H2,2-4H3;1-5H. The molecule has 2 heterocycles. The summed E-state index contributed by atoms with van der Waals surface area (Å²) in [4.78, 5) is 29.5. The fraction of sp³-hybridized carbons (Fsp3) is 0.448. The van der Waals surface area contributed by atoms with Crippen molar-refractivity contribution in [1.82, 2.24) is 9.80 Å². The average Bonchev–Trinajstić information content (AvgIpc) is 3.11. The number of hydrogen-bond donors (Lipinski definition) is 0. The number of hydrogen-bond acceptors (Lipinski definition) is 3. The van der Waals surface area contributed by atoms with Gasteiger partial charge in [-0.15, -0.1) is 6.58 Å². The number of rotatable bonds is 7. The molecule has 0 bridgehead atoms. The van der Waals surface area contributed by atoms with Gasteiger partial charge >= 0.3 is 6.09 Å². The van der Waals surface area contributed by atoms with Crippen LogP contribution < -0.4 is 0 Å². The minimum atomic E-state index is -0.498. The first-order valence-corrected chi connectivity index (χ1v) is 13.3. The number of ether oxygens (including phenoxy) is 1. The lowest BCUT2D eigenvalue weighted by Gasteiger charge is -2.44. The summed E-state index contributed by atoms with van der Waals surface area (Å²) in [6.45, 7) is 10.7. The molecule has 0 aromatic heterocycles. The Morgan fingerprint density at radius 3 is 2.19 bits per heavy atom. The summed E-state index contributed by atoms with van der Waals surface area (Å²) < 4.78 is 5.46. The van der Waals surface area contributed by atoms with Gasteiger partial charge in [-0.1, -0.05) is 66.5 Å². The molecule has 2 aromatic carbocycles. The molecule has 0 N–H and O–H groups in total. The van der Waals surface area contributed by atoms with Gasteiger partial charge in [-0.05, 0) is 69.4 Å². The molecule has 2 aliphatic rings. The third kappa shape index (κ3) is 7.27. The van der Waals surface area contributed by atoms with Crippen LogP contribution in [0.4, 0.5) is 4.79 Å². The van der Waals surface area contributed by atoms with Crippen molar-refractivity contribution in [2.45, 2.75) is 64.1 Å². The highest BCUT2D eigenvalue weighted by atomic mass is 35.5. The van der Waals surface area contributed by atoms with E-state index in [4.69, 9.17) is 27.9 Å². The predicted molar refractivity (Wildman–Crippen MR) is 146 cm³/mol. The maximum Gasteiger partial charge on any atom is 0.410 e. The zero-order chi connectivity index (χ0) is 26.3. The zero-order valence-corrected chi connectivity index (χ0v) is 22.8. The quantitative estimate of drug-likeness (QED) is 0.347. The van der Waals surface area contributed by atoms with Crippen LogP contribution in [0.1, 0.15) is 58.1 Å². The molecule has 194 valence electrons. The second-order valence-electron chi connectivity index (χ2n) is 9.98. The number of nitrogens with zero attached hydrogens (tertiary/aromatic N) is 2. The van der Waals surface area contributed by atoms with E-state index >= 15 is 0 Å². The van der Waals surface area contributed by atoms with Gasteiger partial charge in [-0.25, -0.2) is 4.79 Å². The number of carbonyl (C=O) groups excluding carboxylic acids is 2. The number of cyclic esters (lactones) is 1. The van der Waals surface area contributed by atoms with E-state index in [0.29, 0.717) is 24.5 Å². The number of carbonyl (C=O) groups is 2. The molecular formula is C29H36Cl2N2O3. The molecule has 7 heteroatoms. The summed E-state index contributed by atoms with van der Waals surface area (Å²) in [7, 11) is 0. The molecule has 2 amide bonds. The van der Waals surface area contributed by atoms with Crippen LogP contribution in [0.15, 0.2) is 67.3 Å². The fourth-order valence-electron chi connectivity index (χ4n) is 4.93. The number of benzene rings is 2. The molecule has 0 saturated carbocycles. The Balaban J connectivity index is 0.000000444. The van der Waals surface area contributed by atoms with E-state index < -0.39 is 5.60 Å². The van der Waals surface area contributed by atoms with E-state index in [1.807, 2.05) is 79.4 Å². The highest BCUT2D eigenvalue weighted by molar-refractivity contribution is 6.30. The lowest BCUT2D eigenvalue weighted by atomic mass is 9.85. The SMILES string of the molecule is C=CCC1CCC(c2ccc(Cl)cc2)N(C(CC)CN2CC(C)(C)OC2=O)C1=O.Clc1ccccc1. The second-order valence-corrected chi connectivity index (χ2v) is 10.9. The average molecular weight is 532 g/mol. The lowest BCUT2D eigenvalue weighted by molar-refractivity contribution is -0.145. The Morgan fingerprint density at radius 2 is 1.69 bits per heavy atom. The van der Waals surface area contributed by atoms with Crippen LogP contribution in [0.3, 0.4) is 0 Å². The van der Waals surface area contributed by atoms with Gasteiger partial charge in [0.15, 0.2) is 0 Å². The van der Waals surface area contributed by atoms with E-state index in [0.717, 1.165) is 29.8 Å². The first kappa shape index (κ1) is 28.1. The third-order valence-electron chi connectivity index (χ3n) is 6.66. The molecule has 36 heavy (non-hydrogen) atoms. The highest BCUT2D eigenvalue weighted by Crippen LogP contribution is 2.38. The van der Waals surface area contributed by atoms with Crippen molar-refractivity contribution < 1.29 is 14.3 Å². The van der Waals surface area contributed by atoms with Gasteiger partial charge in [0.1, 0.15) is 5.60 Å². The Kier molecular flexibility index (Phi) is 9.86. The van der Waals surface area contributed by atoms with Gasteiger partial charge in [0.05, 0.1) is 12.6 Å². The molecule has 3 unspecified atom stereocenters. The maximum atomic E-state index is 13.5. The summed E-state index contributed by atoms with van der Waals surface area (Å²) in [5.41, 5.74) is 0.588. The molecule has 5 nitrogen and oxygen atoms in total. The molecule has 4 rings (SSSR count). The fourth-order valence-corrected chi connectivity index (χ4v) is 5.20. The van der Waals surface area contributed by atoms with Crippen molar-refractivity contribution in [1.29, 1.82) is 0 Å². The molecule has 2 aliphatic heterocycles. The van der Waals surface area contributed by atoms with Crippen molar-refractivity contribution in [2.75, 3.05) is 13.1 Å². The van der Waals surface area contributed by atoms with Crippen molar-refractivity contribution in [3.8, 4) is 0 Å². The molecule has 0 radical (unpaired) electrons. The first-order chi connectivity index (χ1) is 17.1. The molecule has 2 saturated heterocycles. The Morgan fingerprint density at radius 1 is 1.06 bits per heavy atom. The Hall–Kier alpha value is -2.50. The second kappa shape index (κ2) is 12.6. The maximum absolute atomic E-state index is 13.5.